The van der Waals surface area contributed by atoms with Crippen LogP contribution in [0.2, 0.25) is 0 Å². The van der Waals surface area contributed by atoms with Crippen LogP contribution in [0.4, 0.5) is 10.1 Å². The zero-order valence-electron chi connectivity index (χ0n) is 12.2. The minimum absolute atomic E-state index is 0.0745. The Morgan fingerprint density at radius 3 is 2.57 bits per heavy atom. The van der Waals surface area contributed by atoms with Crippen molar-refractivity contribution in [3.63, 3.8) is 0 Å². The molecule has 21 heavy (non-hydrogen) atoms. The Kier molecular flexibility index (Phi) is 6.30. The van der Waals surface area contributed by atoms with Crippen molar-refractivity contribution >= 4 is 17.6 Å². The van der Waals surface area contributed by atoms with Gasteiger partial charge in [0.25, 0.3) is 0 Å². The second-order valence-electron chi connectivity index (χ2n) is 5.27. The summed E-state index contributed by atoms with van der Waals surface area (Å²) in [6.45, 7) is 3.61. The van der Waals surface area contributed by atoms with Crippen LogP contribution in [0.1, 0.15) is 43.5 Å². The van der Waals surface area contributed by atoms with Crippen LogP contribution in [0.15, 0.2) is 18.2 Å². The summed E-state index contributed by atoms with van der Waals surface area (Å²) in [7, 11) is 0. The van der Waals surface area contributed by atoms with E-state index in [4.69, 9.17) is 10.8 Å². The quantitative estimate of drug-likeness (QED) is 0.721. The smallest absolute Gasteiger partial charge is 0.337 e. The molecule has 0 saturated heterocycles. The molecule has 0 radical (unpaired) electrons. The predicted octanol–water partition coefficient (Wildman–Crippen LogP) is 2.62. The minimum atomic E-state index is -1.28. The van der Waals surface area contributed by atoms with Crippen molar-refractivity contribution in [2.24, 2.45) is 11.7 Å². The van der Waals surface area contributed by atoms with E-state index in [0.29, 0.717) is 6.42 Å². The molecule has 5 nitrogen and oxygen atoms in total. The molecular formula is C15H21FN2O3. The predicted molar refractivity (Wildman–Crippen MR) is 78.7 cm³/mol. The number of nitrogens with two attached hydrogens (primary N) is 1. The highest BCUT2D eigenvalue weighted by molar-refractivity contribution is 6.01. The van der Waals surface area contributed by atoms with Gasteiger partial charge < -0.3 is 16.2 Å². The lowest BCUT2D eigenvalue weighted by Crippen LogP contribution is -2.23. The Bertz CT molecular complexity index is 518. The molecule has 0 heterocycles. The SMILES string of the molecule is CC(N)CCCC(C)C(=O)Nc1c(F)cccc1C(=O)O. The molecule has 0 aliphatic heterocycles. The highest BCUT2D eigenvalue weighted by atomic mass is 19.1. The van der Waals surface area contributed by atoms with Gasteiger partial charge in [-0.2, -0.15) is 0 Å². The lowest BCUT2D eigenvalue weighted by molar-refractivity contribution is -0.119. The molecule has 0 fully saturated rings. The molecule has 2 atom stereocenters. The number of carbonyl (C=O) groups is 2. The van der Waals surface area contributed by atoms with E-state index in [9.17, 15) is 14.0 Å². The number of benzene rings is 1. The fraction of sp³-hybridized carbons (Fsp3) is 0.467. The Morgan fingerprint density at radius 1 is 1.33 bits per heavy atom. The van der Waals surface area contributed by atoms with Gasteiger partial charge in [-0.3, -0.25) is 4.79 Å². The largest absolute Gasteiger partial charge is 0.478 e. The number of hydrogen-bond donors (Lipinski definition) is 3. The van der Waals surface area contributed by atoms with Gasteiger partial charge in [0.15, 0.2) is 0 Å². The molecule has 0 aliphatic carbocycles. The monoisotopic (exact) mass is 296 g/mol. The van der Waals surface area contributed by atoms with Gasteiger partial charge in [0.1, 0.15) is 5.82 Å². The number of carbonyl (C=O) groups excluding carboxylic acids is 1. The van der Waals surface area contributed by atoms with E-state index in [1.165, 1.54) is 12.1 Å². The molecule has 1 rings (SSSR count). The van der Waals surface area contributed by atoms with Crippen LogP contribution in [0, 0.1) is 11.7 Å². The minimum Gasteiger partial charge on any atom is -0.478 e. The zero-order chi connectivity index (χ0) is 16.0. The number of anilines is 1. The summed E-state index contributed by atoms with van der Waals surface area (Å²) in [5, 5.41) is 11.4. The average Bonchev–Trinajstić information content (AvgIpc) is 2.40. The average molecular weight is 296 g/mol. The molecule has 2 unspecified atom stereocenters. The number of rotatable bonds is 7. The van der Waals surface area contributed by atoms with Crippen molar-refractivity contribution in [2.75, 3.05) is 5.32 Å². The van der Waals surface area contributed by atoms with Gasteiger partial charge in [-0.15, -0.1) is 0 Å². The van der Waals surface area contributed by atoms with Crippen molar-refractivity contribution in [2.45, 2.75) is 39.2 Å². The third-order valence-electron chi connectivity index (χ3n) is 3.24. The van der Waals surface area contributed by atoms with Gasteiger partial charge in [-0.05, 0) is 31.9 Å². The van der Waals surface area contributed by atoms with Crippen molar-refractivity contribution in [3.05, 3.63) is 29.6 Å². The van der Waals surface area contributed by atoms with Crippen LogP contribution in [0.5, 0.6) is 0 Å². The summed E-state index contributed by atoms with van der Waals surface area (Å²) in [5.74, 6) is -2.78. The molecular weight excluding hydrogens is 275 g/mol. The molecule has 6 heteroatoms. The number of halogens is 1. The molecule has 1 aromatic rings. The van der Waals surface area contributed by atoms with Crippen LogP contribution < -0.4 is 11.1 Å². The Morgan fingerprint density at radius 2 is 2.00 bits per heavy atom. The lowest BCUT2D eigenvalue weighted by Gasteiger charge is -2.14. The van der Waals surface area contributed by atoms with E-state index >= 15 is 0 Å². The summed E-state index contributed by atoms with van der Waals surface area (Å²) in [4.78, 5) is 23.1. The summed E-state index contributed by atoms with van der Waals surface area (Å²) < 4.78 is 13.7. The number of para-hydroxylation sites is 1. The third-order valence-corrected chi connectivity index (χ3v) is 3.24. The van der Waals surface area contributed by atoms with Gasteiger partial charge in [-0.25, -0.2) is 9.18 Å². The molecule has 0 spiro atoms. The Hall–Kier alpha value is -1.95. The maximum absolute atomic E-state index is 13.7. The van der Waals surface area contributed by atoms with Crippen molar-refractivity contribution in [1.29, 1.82) is 0 Å². The van der Waals surface area contributed by atoms with E-state index in [-0.39, 0.29) is 23.2 Å². The number of aromatic carboxylic acids is 1. The Balaban J connectivity index is 2.72. The highest BCUT2D eigenvalue weighted by Crippen LogP contribution is 2.21. The van der Waals surface area contributed by atoms with Crippen LogP contribution in [0.3, 0.4) is 0 Å². The first-order valence-corrected chi connectivity index (χ1v) is 6.91. The number of amides is 1. The van der Waals surface area contributed by atoms with Gasteiger partial charge in [0, 0.05) is 12.0 Å². The van der Waals surface area contributed by atoms with Crippen LogP contribution >= 0.6 is 0 Å². The van der Waals surface area contributed by atoms with Gasteiger partial charge in [0.05, 0.1) is 11.3 Å². The summed E-state index contributed by atoms with van der Waals surface area (Å²) in [6, 6.07) is 3.73. The summed E-state index contributed by atoms with van der Waals surface area (Å²) in [5.41, 5.74) is 5.09. The molecule has 0 aromatic heterocycles. The van der Waals surface area contributed by atoms with E-state index in [1.807, 2.05) is 6.92 Å². The van der Waals surface area contributed by atoms with Gasteiger partial charge in [0.2, 0.25) is 5.91 Å². The van der Waals surface area contributed by atoms with Crippen molar-refractivity contribution in [3.8, 4) is 0 Å². The Labute approximate surface area is 123 Å². The maximum Gasteiger partial charge on any atom is 0.337 e. The number of carboxylic acid groups (broad SMARTS) is 1. The molecule has 1 aromatic carbocycles. The fourth-order valence-corrected chi connectivity index (χ4v) is 1.95. The summed E-state index contributed by atoms with van der Waals surface area (Å²) in [6.07, 6.45) is 2.21. The third kappa shape index (κ3) is 5.15. The van der Waals surface area contributed by atoms with Crippen molar-refractivity contribution in [1.82, 2.24) is 0 Å². The fourth-order valence-electron chi connectivity index (χ4n) is 1.95. The highest BCUT2D eigenvalue weighted by Gasteiger charge is 2.19. The van der Waals surface area contributed by atoms with E-state index < -0.39 is 17.7 Å². The van der Waals surface area contributed by atoms with Crippen LogP contribution in [-0.2, 0) is 4.79 Å². The van der Waals surface area contributed by atoms with Crippen molar-refractivity contribution < 1.29 is 19.1 Å². The number of carboxylic acids is 1. The molecule has 116 valence electrons. The standard InChI is InChI=1S/C15H21FN2O3/c1-9(5-3-6-10(2)17)14(19)18-13-11(15(20)21)7-4-8-12(13)16/h4,7-10H,3,5-6,17H2,1-2H3,(H,18,19)(H,20,21). The van der Waals surface area contributed by atoms with Gasteiger partial charge in [-0.1, -0.05) is 19.4 Å². The first-order chi connectivity index (χ1) is 9.82. The number of hydrogen-bond acceptors (Lipinski definition) is 3. The topological polar surface area (TPSA) is 92.4 Å². The first-order valence-electron chi connectivity index (χ1n) is 6.91. The molecule has 0 aliphatic rings. The molecule has 0 bridgehead atoms. The molecule has 1 amide bonds. The molecule has 0 saturated carbocycles. The van der Waals surface area contributed by atoms with Crippen LogP contribution in [0.25, 0.3) is 0 Å². The molecule has 4 N–H and O–H groups in total. The zero-order valence-corrected chi connectivity index (χ0v) is 12.2. The van der Waals surface area contributed by atoms with E-state index in [1.54, 1.807) is 6.92 Å². The van der Waals surface area contributed by atoms with E-state index in [2.05, 4.69) is 5.32 Å². The van der Waals surface area contributed by atoms with Gasteiger partial charge >= 0.3 is 5.97 Å². The second kappa shape index (κ2) is 7.73. The first kappa shape index (κ1) is 17.1. The summed E-state index contributed by atoms with van der Waals surface area (Å²) >= 11 is 0. The lowest BCUT2D eigenvalue weighted by atomic mass is 10.0. The van der Waals surface area contributed by atoms with E-state index in [0.717, 1.165) is 18.9 Å². The second-order valence-corrected chi connectivity index (χ2v) is 5.27. The normalized spacial score (nSPS) is 13.5. The number of nitrogens with one attached hydrogen (secondary N) is 1. The van der Waals surface area contributed by atoms with Crippen LogP contribution in [-0.4, -0.2) is 23.0 Å². The maximum atomic E-state index is 13.7.